The molecule has 1 atom stereocenters. The second-order valence-corrected chi connectivity index (χ2v) is 7.16. The molecular formula is C20H23N3O4. The number of ether oxygens (including phenoxy) is 2. The molecule has 7 heteroatoms. The lowest BCUT2D eigenvalue weighted by Gasteiger charge is -2.27. The minimum atomic E-state index is -0.512. The summed E-state index contributed by atoms with van der Waals surface area (Å²) >= 11 is 0. The number of nitrogens with zero attached hydrogens (tertiary/aromatic N) is 1. The first-order chi connectivity index (χ1) is 13.1. The zero-order valence-corrected chi connectivity index (χ0v) is 15.1. The number of carbonyl (C=O) groups excluding carboxylic acids is 2. The molecule has 4 rings (SSSR count). The maximum absolute atomic E-state index is 11.8. The van der Waals surface area contributed by atoms with Gasteiger partial charge in [-0.1, -0.05) is 0 Å². The van der Waals surface area contributed by atoms with Crippen molar-refractivity contribution in [2.45, 2.75) is 50.7 Å². The number of amides is 2. The number of primary amides is 1. The standard InChI is InChI=1S/C20H23N3O4/c21-19(25)16-10-12-6-8-22-20(26-9-7-13-4-5-18(24)23-13)15(12)11-17(16)27-14-2-1-3-14/h6,8,10-11,13-14H,1-5,7,9H2,(H2,21,25)(H,23,24)/t13-/m0/s1. The molecule has 2 heterocycles. The van der Waals surface area contributed by atoms with Gasteiger partial charge in [0.1, 0.15) is 5.75 Å². The van der Waals surface area contributed by atoms with Gasteiger partial charge >= 0.3 is 0 Å². The van der Waals surface area contributed by atoms with Crippen molar-refractivity contribution in [1.29, 1.82) is 0 Å². The lowest BCUT2D eigenvalue weighted by atomic mass is 9.96. The van der Waals surface area contributed by atoms with E-state index in [0.717, 1.165) is 42.9 Å². The molecule has 7 nitrogen and oxygen atoms in total. The van der Waals surface area contributed by atoms with Crippen LogP contribution in [0.15, 0.2) is 24.4 Å². The molecule has 1 saturated carbocycles. The molecule has 2 aliphatic rings. The number of pyridine rings is 1. The first kappa shape index (κ1) is 17.6. The minimum absolute atomic E-state index is 0.0973. The molecule has 0 radical (unpaired) electrons. The Labute approximate surface area is 157 Å². The second kappa shape index (κ2) is 7.42. The fourth-order valence-electron chi connectivity index (χ4n) is 3.44. The van der Waals surface area contributed by atoms with Crippen LogP contribution in [0.1, 0.15) is 48.9 Å². The number of hydrogen-bond acceptors (Lipinski definition) is 5. The monoisotopic (exact) mass is 369 g/mol. The van der Waals surface area contributed by atoms with E-state index in [1.807, 2.05) is 6.07 Å². The van der Waals surface area contributed by atoms with Crippen molar-refractivity contribution in [2.75, 3.05) is 6.61 Å². The third-order valence-corrected chi connectivity index (χ3v) is 5.23. The smallest absolute Gasteiger partial charge is 0.252 e. The van der Waals surface area contributed by atoms with E-state index >= 15 is 0 Å². The molecule has 27 heavy (non-hydrogen) atoms. The summed E-state index contributed by atoms with van der Waals surface area (Å²) in [4.78, 5) is 27.5. The van der Waals surface area contributed by atoms with Crippen LogP contribution in [0.3, 0.4) is 0 Å². The Hall–Kier alpha value is -2.83. The highest BCUT2D eigenvalue weighted by Crippen LogP contribution is 2.34. The maximum atomic E-state index is 11.8. The van der Waals surface area contributed by atoms with E-state index in [1.54, 1.807) is 18.3 Å². The molecule has 2 fully saturated rings. The average molecular weight is 369 g/mol. The molecule has 2 aromatic rings. The summed E-state index contributed by atoms with van der Waals surface area (Å²) in [5.74, 6) is 0.564. The summed E-state index contributed by atoms with van der Waals surface area (Å²) in [7, 11) is 0. The summed E-state index contributed by atoms with van der Waals surface area (Å²) in [6.07, 6.45) is 7.03. The Morgan fingerprint density at radius 2 is 2.15 bits per heavy atom. The number of nitrogens with two attached hydrogens (primary N) is 1. The van der Waals surface area contributed by atoms with Gasteiger partial charge in [0.2, 0.25) is 11.8 Å². The van der Waals surface area contributed by atoms with E-state index in [2.05, 4.69) is 10.3 Å². The topological polar surface area (TPSA) is 104 Å². The Balaban J connectivity index is 1.55. The Morgan fingerprint density at radius 3 is 2.81 bits per heavy atom. The number of carbonyl (C=O) groups is 2. The van der Waals surface area contributed by atoms with Crippen molar-refractivity contribution in [1.82, 2.24) is 10.3 Å². The van der Waals surface area contributed by atoms with E-state index in [1.165, 1.54) is 0 Å². The summed E-state index contributed by atoms with van der Waals surface area (Å²) in [6, 6.07) is 5.51. The zero-order chi connectivity index (χ0) is 18.8. The van der Waals surface area contributed by atoms with Crippen LogP contribution in [0.25, 0.3) is 10.8 Å². The van der Waals surface area contributed by atoms with Crippen molar-refractivity contribution in [2.24, 2.45) is 5.73 Å². The van der Waals surface area contributed by atoms with Crippen molar-refractivity contribution in [3.05, 3.63) is 30.0 Å². The lowest BCUT2D eigenvalue weighted by molar-refractivity contribution is -0.119. The first-order valence-corrected chi connectivity index (χ1v) is 9.41. The molecule has 1 aromatic heterocycles. The van der Waals surface area contributed by atoms with E-state index in [-0.39, 0.29) is 18.1 Å². The molecule has 1 aromatic carbocycles. The number of fused-ring (bicyclic) bond motifs is 1. The summed E-state index contributed by atoms with van der Waals surface area (Å²) in [5, 5.41) is 4.54. The van der Waals surface area contributed by atoms with Gasteiger partial charge in [0.05, 0.1) is 18.3 Å². The van der Waals surface area contributed by atoms with Crippen LogP contribution in [0.4, 0.5) is 0 Å². The quantitative estimate of drug-likeness (QED) is 0.779. The Morgan fingerprint density at radius 1 is 1.30 bits per heavy atom. The number of benzene rings is 1. The van der Waals surface area contributed by atoms with Crippen molar-refractivity contribution >= 4 is 22.6 Å². The van der Waals surface area contributed by atoms with Crippen LogP contribution in [0, 0.1) is 0 Å². The second-order valence-electron chi connectivity index (χ2n) is 7.16. The third kappa shape index (κ3) is 3.82. The van der Waals surface area contributed by atoms with Crippen LogP contribution in [-0.4, -0.2) is 35.6 Å². The van der Waals surface area contributed by atoms with Crippen LogP contribution >= 0.6 is 0 Å². The largest absolute Gasteiger partial charge is 0.490 e. The highest BCUT2D eigenvalue weighted by atomic mass is 16.5. The SMILES string of the molecule is NC(=O)c1cc2ccnc(OCC[C@@H]3CCC(=O)N3)c2cc1OC1CCC1. The summed E-state index contributed by atoms with van der Waals surface area (Å²) in [6.45, 7) is 0.452. The molecular weight excluding hydrogens is 346 g/mol. The van der Waals surface area contributed by atoms with Crippen molar-refractivity contribution in [3.63, 3.8) is 0 Å². The number of aromatic nitrogens is 1. The molecule has 1 aliphatic carbocycles. The van der Waals surface area contributed by atoms with Gasteiger partial charge in [0.15, 0.2) is 0 Å². The third-order valence-electron chi connectivity index (χ3n) is 5.23. The first-order valence-electron chi connectivity index (χ1n) is 9.41. The number of hydrogen-bond donors (Lipinski definition) is 2. The lowest BCUT2D eigenvalue weighted by Crippen LogP contribution is -2.27. The predicted octanol–water partition coefficient (Wildman–Crippen LogP) is 2.31. The fourth-order valence-corrected chi connectivity index (χ4v) is 3.44. The van der Waals surface area contributed by atoms with Crippen LogP contribution < -0.4 is 20.5 Å². The molecule has 1 saturated heterocycles. The van der Waals surface area contributed by atoms with Gasteiger partial charge in [0, 0.05) is 30.5 Å². The maximum Gasteiger partial charge on any atom is 0.252 e. The van der Waals surface area contributed by atoms with Crippen LogP contribution in [-0.2, 0) is 4.79 Å². The highest BCUT2D eigenvalue weighted by Gasteiger charge is 2.23. The summed E-state index contributed by atoms with van der Waals surface area (Å²) in [5.41, 5.74) is 5.92. The fraction of sp³-hybridized carbons (Fsp3) is 0.450. The summed E-state index contributed by atoms with van der Waals surface area (Å²) < 4.78 is 11.9. The Kier molecular flexibility index (Phi) is 4.83. The van der Waals surface area contributed by atoms with Gasteiger partial charge < -0.3 is 20.5 Å². The van der Waals surface area contributed by atoms with Crippen molar-refractivity contribution in [3.8, 4) is 11.6 Å². The zero-order valence-electron chi connectivity index (χ0n) is 15.1. The van der Waals surface area contributed by atoms with Gasteiger partial charge in [-0.25, -0.2) is 4.98 Å². The van der Waals surface area contributed by atoms with Gasteiger partial charge in [-0.15, -0.1) is 0 Å². The molecule has 142 valence electrons. The average Bonchev–Trinajstić information content (AvgIpc) is 3.03. The molecule has 1 aliphatic heterocycles. The van der Waals surface area contributed by atoms with Crippen LogP contribution in [0.5, 0.6) is 11.6 Å². The van der Waals surface area contributed by atoms with Crippen LogP contribution in [0.2, 0.25) is 0 Å². The molecule has 0 unspecified atom stereocenters. The van der Waals surface area contributed by atoms with E-state index in [0.29, 0.717) is 30.2 Å². The van der Waals surface area contributed by atoms with E-state index in [4.69, 9.17) is 15.2 Å². The normalized spacial score (nSPS) is 19.6. The van der Waals surface area contributed by atoms with E-state index < -0.39 is 5.91 Å². The molecule has 0 spiro atoms. The molecule has 0 bridgehead atoms. The van der Waals surface area contributed by atoms with Gasteiger partial charge in [-0.2, -0.15) is 0 Å². The highest BCUT2D eigenvalue weighted by molar-refractivity contribution is 6.01. The predicted molar refractivity (Wildman–Crippen MR) is 99.8 cm³/mol. The van der Waals surface area contributed by atoms with Crippen molar-refractivity contribution < 1.29 is 19.1 Å². The van der Waals surface area contributed by atoms with E-state index in [9.17, 15) is 9.59 Å². The Bertz CT molecular complexity index is 879. The number of nitrogens with one attached hydrogen (secondary N) is 1. The molecule has 2 amide bonds. The molecule has 3 N–H and O–H groups in total. The minimum Gasteiger partial charge on any atom is -0.490 e. The van der Waals surface area contributed by atoms with Gasteiger partial charge in [-0.3, -0.25) is 9.59 Å². The number of rotatable bonds is 7. The van der Waals surface area contributed by atoms with Gasteiger partial charge in [0.25, 0.3) is 5.91 Å². The van der Waals surface area contributed by atoms with Gasteiger partial charge in [-0.05, 0) is 49.3 Å².